The first-order valence-corrected chi connectivity index (χ1v) is 4.72. The van der Waals surface area contributed by atoms with Gasteiger partial charge in [0.15, 0.2) is 5.82 Å². The number of nitrogens with two attached hydrogens (primary N) is 1. The molecule has 0 aliphatic heterocycles. The molecule has 0 bridgehead atoms. The topological polar surface area (TPSA) is 82.3 Å². The molecule has 0 atom stereocenters. The number of nitrogens with zero attached hydrogens (tertiary/aromatic N) is 1. The minimum atomic E-state index is -3.91. The number of ether oxygens (including phenoxy) is 1. The largest absolute Gasteiger partial charge is 0.479 e. The van der Waals surface area contributed by atoms with Crippen LogP contribution >= 0.6 is 0 Å². The highest BCUT2D eigenvalue weighted by Crippen LogP contribution is 2.15. The van der Waals surface area contributed by atoms with E-state index in [1.165, 1.54) is 7.11 Å². The van der Waals surface area contributed by atoms with E-state index in [0.29, 0.717) is 0 Å². The summed E-state index contributed by atoms with van der Waals surface area (Å²) in [5.41, 5.74) is 0. The van der Waals surface area contributed by atoms with Gasteiger partial charge in [0.25, 0.3) is 0 Å². The van der Waals surface area contributed by atoms with Crippen molar-refractivity contribution in [2.75, 3.05) is 7.11 Å². The second-order valence-electron chi connectivity index (χ2n) is 2.21. The second kappa shape index (κ2) is 3.27. The third-order valence-electron chi connectivity index (χ3n) is 1.30. The first-order chi connectivity index (χ1) is 5.95. The Morgan fingerprint density at radius 3 is 2.62 bits per heavy atom. The van der Waals surface area contributed by atoms with Gasteiger partial charge in [0, 0.05) is 6.07 Å². The van der Waals surface area contributed by atoms with Crippen molar-refractivity contribution in [2.24, 2.45) is 5.14 Å². The molecular formula is C6H7FN2O3S. The van der Waals surface area contributed by atoms with Gasteiger partial charge < -0.3 is 4.74 Å². The van der Waals surface area contributed by atoms with Crippen LogP contribution in [0.25, 0.3) is 0 Å². The molecule has 1 rings (SSSR count). The van der Waals surface area contributed by atoms with Crippen molar-refractivity contribution in [3.05, 3.63) is 18.1 Å². The van der Waals surface area contributed by atoms with Crippen molar-refractivity contribution in [1.82, 2.24) is 4.98 Å². The summed E-state index contributed by atoms with van der Waals surface area (Å²) in [6, 6.07) is 0.751. The van der Waals surface area contributed by atoms with Gasteiger partial charge in [-0.05, 0) is 0 Å². The van der Waals surface area contributed by atoms with E-state index in [1.807, 2.05) is 0 Å². The van der Waals surface area contributed by atoms with Crippen molar-refractivity contribution in [2.45, 2.75) is 4.90 Å². The number of methoxy groups -OCH3 is 1. The van der Waals surface area contributed by atoms with Crippen molar-refractivity contribution in [3.8, 4) is 5.88 Å². The summed E-state index contributed by atoms with van der Waals surface area (Å²) in [7, 11) is -2.68. The molecule has 1 aromatic rings. The molecule has 0 aliphatic carbocycles. The van der Waals surface area contributed by atoms with Crippen molar-refractivity contribution >= 4 is 10.0 Å². The number of rotatable bonds is 2. The SMILES string of the molecule is COc1ncc(S(N)(=O)=O)cc1F. The zero-order valence-corrected chi connectivity index (χ0v) is 7.51. The highest BCUT2D eigenvalue weighted by molar-refractivity contribution is 7.89. The zero-order valence-electron chi connectivity index (χ0n) is 6.69. The zero-order chi connectivity index (χ0) is 10.1. The Morgan fingerprint density at radius 1 is 1.62 bits per heavy atom. The van der Waals surface area contributed by atoms with Crippen LogP contribution in [0.15, 0.2) is 17.2 Å². The van der Waals surface area contributed by atoms with Crippen molar-refractivity contribution in [3.63, 3.8) is 0 Å². The molecule has 0 amide bonds. The minimum Gasteiger partial charge on any atom is -0.479 e. The van der Waals surface area contributed by atoms with E-state index in [9.17, 15) is 12.8 Å². The molecule has 0 aliphatic rings. The maximum atomic E-state index is 12.9. The average molecular weight is 206 g/mol. The first kappa shape index (κ1) is 9.87. The standard InChI is InChI=1S/C6H7FN2O3S/c1-12-6-5(7)2-4(3-9-6)13(8,10)11/h2-3H,1H3,(H2,8,10,11). The lowest BCUT2D eigenvalue weighted by Gasteiger charge is -2.01. The molecule has 7 heteroatoms. The highest BCUT2D eigenvalue weighted by atomic mass is 32.2. The Hall–Kier alpha value is -1.21. The molecule has 0 aromatic carbocycles. The van der Waals surface area contributed by atoms with E-state index in [0.717, 1.165) is 12.3 Å². The Labute approximate surface area is 74.4 Å². The monoisotopic (exact) mass is 206 g/mol. The van der Waals surface area contributed by atoms with Gasteiger partial charge in [-0.2, -0.15) is 0 Å². The predicted molar refractivity (Wildman–Crippen MR) is 42.1 cm³/mol. The summed E-state index contributed by atoms with van der Waals surface area (Å²) >= 11 is 0. The Balaban J connectivity index is 3.26. The van der Waals surface area contributed by atoms with Crippen LogP contribution in [0, 0.1) is 5.82 Å². The molecule has 0 radical (unpaired) electrons. The summed E-state index contributed by atoms with van der Waals surface area (Å²) in [6.07, 6.45) is 0.928. The van der Waals surface area contributed by atoms with Crippen LogP contribution in [0.4, 0.5) is 4.39 Å². The molecule has 1 heterocycles. The molecule has 13 heavy (non-hydrogen) atoms. The fourth-order valence-corrected chi connectivity index (χ4v) is 1.18. The fourth-order valence-electron chi connectivity index (χ4n) is 0.714. The third-order valence-corrected chi connectivity index (χ3v) is 2.18. The minimum absolute atomic E-state index is 0.271. The van der Waals surface area contributed by atoms with E-state index >= 15 is 0 Å². The number of hydrogen-bond acceptors (Lipinski definition) is 4. The van der Waals surface area contributed by atoms with Crippen molar-refractivity contribution < 1.29 is 17.5 Å². The Morgan fingerprint density at radius 2 is 2.23 bits per heavy atom. The lowest BCUT2D eigenvalue weighted by atomic mass is 10.5. The maximum Gasteiger partial charge on any atom is 0.250 e. The van der Waals surface area contributed by atoms with Gasteiger partial charge >= 0.3 is 0 Å². The molecule has 72 valence electrons. The summed E-state index contributed by atoms with van der Waals surface area (Å²) in [5, 5.41) is 4.74. The molecule has 0 spiro atoms. The van der Waals surface area contributed by atoms with Gasteiger partial charge in [-0.15, -0.1) is 0 Å². The molecule has 0 unspecified atom stereocenters. The Bertz CT molecular complexity index is 418. The predicted octanol–water partition coefficient (Wildman–Crippen LogP) is -0.123. The van der Waals surface area contributed by atoms with Crippen molar-refractivity contribution in [1.29, 1.82) is 0 Å². The molecule has 0 fully saturated rings. The van der Waals surface area contributed by atoms with E-state index in [-0.39, 0.29) is 10.8 Å². The normalized spacial score (nSPS) is 11.3. The van der Waals surface area contributed by atoms with Crippen LogP contribution in [0.2, 0.25) is 0 Å². The van der Waals surface area contributed by atoms with Gasteiger partial charge in [-0.1, -0.05) is 0 Å². The second-order valence-corrected chi connectivity index (χ2v) is 3.77. The van der Waals surface area contributed by atoms with Gasteiger partial charge in [0.2, 0.25) is 15.9 Å². The molecule has 0 saturated heterocycles. The van der Waals surface area contributed by atoms with Crippen LogP contribution in [-0.2, 0) is 10.0 Å². The highest BCUT2D eigenvalue weighted by Gasteiger charge is 2.12. The van der Waals surface area contributed by atoms with Gasteiger partial charge in [-0.3, -0.25) is 0 Å². The number of halogens is 1. The smallest absolute Gasteiger partial charge is 0.250 e. The molecule has 5 nitrogen and oxygen atoms in total. The Kier molecular flexibility index (Phi) is 2.48. The van der Waals surface area contributed by atoms with E-state index in [1.54, 1.807) is 0 Å². The van der Waals surface area contributed by atoms with Crippen LogP contribution < -0.4 is 9.88 Å². The van der Waals surface area contributed by atoms with E-state index < -0.39 is 15.8 Å². The third kappa shape index (κ3) is 2.13. The first-order valence-electron chi connectivity index (χ1n) is 3.17. The summed E-state index contributed by atoms with van der Waals surface area (Å²) in [5.74, 6) is -1.14. The molecule has 1 aromatic heterocycles. The summed E-state index contributed by atoms with van der Waals surface area (Å²) < 4.78 is 38.8. The lowest BCUT2D eigenvalue weighted by molar-refractivity contribution is 0.367. The van der Waals surface area contributed by atoms with Gasteiger partial charge in [0.05, 0.1) is 13.3 Å². The fraction of sp³-hybridized carbons (Fsp3) is 0.167. The van der Waals surface area contributed by atoms with Crippen LogP contribution in [0.1, 0.15) is 0 Å². The number of pyridine rings is 1. The number of hydrogen-bond donors (Lipinski definition) is 1. The number of aromatic nitrogens is 1. The molecule has 0 saturated carbocycles. The summed E-state index contributed by atoms with van der Waals surface area (Å²) in [6.45, 7) is 0. The van der Waals surface area contributed by atoms with Gasteiger partial charge in [0.1, 0.15) is 4.90 Å². The quantitative estimate of drug-likeness (QED) is 0.731. The summed E-state index contributed by atoms with van der Waals surface area (Å²) in [4.78, 5) is 3.02. The average Bonchev–Trinajstić information content (AvgIpc) is 2.02. The number of sulfonamides is 1. The maximum absolute atomic E-state index is 12.9. The van der Waals surface area contributed by atoms with Crippen LogP contribution in [-0.4, -0.2) is 20.5 Å². The lowest BCUT2D eigenvalue weighted by Crippen LogP contribution is -2.13. The van der Waals surface area contributed by atoms with E-state index in [4.69, 9.17) is 5.14 Å². The van der Waals surface area contributed by atoms with Crippen LogP contribution in [0.5, 0.6) is 5.88 Å². The number of primary sulfonamides is 1. The molecular weight excluding hydrogens is 199 g/mol. The van der Waals surface area contributed by atoms with Crippen LogP contribution in [0.3, 0.4) is 0 Å². The van der Waals surface area contributed by atoms with Gasteiger partial charge in [-0.25, -0.2) is 22.9 Å². The van der Waals surface area contributed by atoms with E-state index in [2.05, 4.69) is 9.72 Å². The molecule has 2 N–H and O–H groups in total.